The molecule has 0 aliphatic heterocycles. The monoisotopic (exact) mass is 300 g/mol. The van der Waals surface area contributed by atoms with Crippen LogP contribution >= 0.6 is 11.6 Å². The van der Waals surface area contributed by atoms with Gasteiger partial charge in [0.25, 0.3) is 0 Å². The third kappa shape index (κ3) is 4.31. The third-order valence-electron chi connectivity index (χ3n) is 2.73. The minimum Gasteiger partial charge on any atom is -0.444 e. The first-order valence-electron chi connectivity index (χ1n) is 6.34. The number of carbonyl (C=O) groups excluding carboxylic acids is 1. The second-order valence-electron chi connectivity index (χ2n) is 5.55. The van der Waals surface area contributed by atoms with Gasteiger partial charge in [-0.05, 0) is 40.2 Å². The molecule has 0 saturated carbocycles. The van der Waals surface area contributed by atoms with Crippen molar-refractivity contribution in [2.45, 2.75) is 46.3 Å². The molecule has 1 atom stereocenters. The number of rotatable bonds is 3. The van der Waals surface area contributed by atoms with E-state index in [9.17, 15) is 4.79 Å². The van der Waals surface area contributed by atoms with E-state index in [1.54, 1.807) is 20.8 Å². The van der Waals surface area contributed by atoms with Crippen LogP contribution in [0, 0.1) is 13.8 Å². The summed E-state index contributed by atoms with van der Waals surface area (Å²) in [6.45, 7) is 9.25. The highest BCUT2D eigenvalue weighted by Crippen LogP contribution is 2.25. The molecule has 1 unspecified atom stereocenters. The van der Waals surface area contributed by atoms with E-state index < -0.39 is 17.7 Å². The predicted octanol–water partition coefficient (Wildman–Crippen LogP) is 2.27. The second-order valence-corrected chi connectivity index (χ2v) is 5.91. The van der Waals surface area contributed by atoms with Crippen LogP contribution in [0.25, 0.3) is 0 Å². The van der Waals surface area contributed by atoms with Crippen LogP contribution in [0.4, 0.5) is 4.79 Å². The van der Waals surface area contributed by atoms with Crippen LogP contribution in [0.3, 0.4) is 0 Å². The van der Waals surface area contributed by atoms with Crippen LogP contribution in [-0.4, -0.2) is 28.4 Å². The fraction of sp³-hybridized carbons (Fsp3) is 0.615. The first kappa shape index (κ1) is 16.7. The third-order valence-corrected chi connectivity index (χ3v) is 3.01. The Bertz CT molecular complexity index is 500. The largest absolute Gasteiger partial charge is 0.444 e. The molecule has 0 aliphatic carbocycles. The number of alkyl carbamates (subject to hydrolysis) is 1. The molecule has 0 fully saturated rings. The van der Waals surface area contributed by atoms with Gasteiger partial charge in [-0.2, -0.15) is 5.10 Å². The maximum absolute atomic E-state index is 11.8. The van der Waals surface area contributed by atoms with E-state index in [2.05, 4.69) is 15.5 Å². The van der Waals surface area contributed by atoms with Gasteiger partial charge in [-0.1, -0.05) is 11.6 Å². The number of hydrogen-bond acceptors (Lipinski definition) is 5. The van der Waals surface area contributed by atoms with Crippen molar-refractivity contribution in [3.8, 4) is 0 Å². The van der Waals surface area contributed by atoms with Crippen LogP contribution in [-0.2, 0) is 4.74 Å². The summed E-state index contributed by atoms with van der Waals surface area (Å²) in [5.41, 5.74) is 7.43. The number of hydrogen-bond donors (Lipinski definition) is 2. The molecular weight excluding hydrogens is 280 g/mol. The molecule has 1 heterocycles. The topological polar surface area (TPSA) is 90.1 Å². The molecule has 1 aromatic rings. The molecule has 0 bridgehead atoms. The molecule has 112 valence electrons. The molecule has 0 spiro atoms. The smallest absolute Gasteiger partial charge is 0.408 e. The summed E-state index contributed by atoms with van der Waals surface area (Å²) in [4.78, 5) is 11.8. The average Bonchev–Trinajstić information content (AvgIpc) is 2.30. The summed E-state index contributed by atoms with van der Waals surface area (Å²) in [6, 6.07) is -0.466. The lowest BCUT2D eigenvalue weighted by atomic mass is 10.0. The first-order valence-corrected chi connectivity index (χ1v) is 6.72. The zero-order valence-corrected chi connectivity index (χ0v) is 13.2. The van der Waals surface area contributed by atoms with Gasteiger partial charge in [0.15, 0.2) is 5.15 Å². The Balaban J connectivity index is 2.98. The van der Waals surface area contributed by atoms with Crippen molar-refractivity contribution >= 4 is 17.7 Å². The lowest BCUT2D eigenvalue weighted by Gasteiger charge is -2.24. The standard InChI is InChI=1S/C13H21ClN4O2/c1-7-8(2)17-18-11(14)10(7)9(6-15)16-12(19)20-13(3,4)5/h9H,6,15H2,1-5H3,(H,16,19). The van der Waals surface area contributed by atoms with E-state index in [4.69, 9.17) is 22.1 Å². The van der Waals surface area contributed by atoms with Crippen molar-refractivity contribution in [3.63, 3.8) is 0 Å². The number of ether oxygens (including phenoxy) is 1. The zero-order valence-electron chi connectivity index (χ0n) is 12.5. The van der Waals surface area contributed by atoms with E-state index in [0.717, 1.165) is 11.3 Å². The molecule has 0 aromatic carbocycles. The maximum Gasteiger partial charge on any atom is 0.408 e. The summed E-state index contributed by atoms with van der Waals surface area (Å²) < 4.78 is 5.22. The molecule has 1 amide bonds. The summed E-state index contributed by atoms with van der Waals surface area (Å²) in [5.74, 6) is 0. The zero-order chi connectivity index (χ0) is 15.5. The predicted molar refractivity (Wildman–Crippen MR) is 77.7 cm³/mol. The lowest BCUT2D eigenvalue weighted by molar-refractivity contribution is 0.0505. The fourth-order valence-electron chi connectivity index (χ4n) is 1.70. The summed E-state index contributed by atoms with van der Waals surface area (Å²) in [5, 5.41) is 10.7. The molecule has 20 heavy (non-hydrogen) atoms. The second kappa shape index (κ2) is 6.37. The van der Waals surface area contributed by atoms with Crippen LogP contribution in [0.15, 0.2) is 0 Å². The normalized spacial score (nSPS) is 12.9. The molecule has 1 aromatic heterocycles. The van der Waals surface area contributed by atoms with Crippen molar-refractivity contribution in [3.05, 3.63) is 22.0 Å². The Kier molecular flexibility index (Phi) is 5.30. The number of nitrogens with two attached hydrogens (primary N) is 1. The Morgan fingerprint density at radius 3 is 2.50 bits per heavy atom. The van der Waals surface area contributed by atoms with Crippen LogP contribution in [0.2, 0.25) is 5.15 Å². The highest BCUT2D eigenvalue weighted by atomic mass is 35.5. The Labute approximate surface area is 124 Å². The molecule has 0 aliphatic rings. The molecule has 0 radical (unpaired) electrons. The van der Waals surface area contributed by atoms with E-state index in [1.807, 2.05) is 13.8 Å². The van der Waals surface area contributed by atoms with E-state index in [0.29, 0.717) is 5.56 Å². The number of amides is 1. The van der Waals surface area contributed by atoms with Gasteiger partial charge in [-0.25, -0.2) is 4.79 Å². The van der Waals surface area contributed by atoms with Crippen molar-refractivity contribution in [1.82, 2.24) is 15.5 Å². The molecule has 3 N–H and O–H groups in total. The van der Waals surface area contributed by atoms with Gasteiger partial charge in [0.05, 0.1) is 11.7 Å². The quantitative estimate of drug-likeness (QED) is 0.893. The number of carbonyl (C=O) groups is 1. The van der Waals surface area contributed by atoms with Crippen molar-refractivity contribution < 1.29 is 9.53 Å². The highest BCUT2D eigenvalue weighted by Gasteiger charge is 2.23. The number of aryl methyl sites for hydroxylation is 1. The fourth-order valence-corrected chi connectivity index (χ4v) is 2.01. The number of nitrogens with zero attached hydrogens (tertiary/aromatic N) is 2. The number of halogens is 1. The van der Waals surface area contributed by atoms with Crippen molar-refractivity contribution in [2.24, 2.45) is 5.73 Å². The van der Waals surface area contributed by atoms with Crippen molar-refractivity contribution in [2.75, 3.05) is 6.54 Å². The van der Waals surface area contributed by atoms with Gasteiger partial charge in [-0.15, -0.1) is 5.10 Å². The van der Waals surface area contributed by atoms with Crippen molar-refractivity contribution in [1.29, 1.82) is 0 Å². The molecular formula is C13H21ClN4O2. The van der Waals surface area contributed by atoms with E-state index in [-0.39, 0.29) is 11.7 Å². The SMILES string of the molecule is Cc1nnc(Cl)c(C(CN)NC(=O)OC(C)(C)C)c1C. The number of aromatic nitrogens is 2. The molecule has 1 rings (SSSR count). The molecule has 6 nitrogen and oxygen atoms in total. The van der Waals surface area contributed by atoms with Gasteiger partial charge >= 0.3 is 6.09 Å². The van der Waals surface area contributed by atoms with Gasteiger partial charge in [0, 0.05) is 12.1 Å². The lowest BCUT2D eigenvalue weighted by Crippen LogP contribution is -2.38. The molecule has 7 heteroatoms. The van der Waals surface area contributed by atoms with Gasteiger partial charge in [0.2, 0.25) is 0 Å². The van der Waals surface area contributed by atoms with Gasteiger partial charge in [-0.3, -0.25) is 0 Å². The average molecular weight is 301 g/mol. The summed E-state index contributed by atoms with van der Waals surface area (Å²) >= 11 is 6.07. The Hall–Kier alpha value is -1.40. The van der Waals surface area contributed by atoms with Crippen LogP contribution in [0.5, 0.6) is 0 Å². The number of nitrogens with one attached hydrogen (secondary N) is 1. The summed E-state index contributed by atoms with van der Waals surface area (Å²) in [6.07, 6.45) is -0.544. The minimum atomic E-state index is -0.575. The highest BCUT2D eigenvalue weighted by molar-refractivity contribution is 6.30. The summed E-state index contributed by atoms with van der Waals surface area (Å²) in [7, 11) is 0. The minimum absolute atomic E-state index is 0.185. The Morgan fingerprint density at radius 1 is 1.40 bits per heavy atom. The molecule has 0 saturated heterocycles. The van der Waals surface area contributed by atoms with Gasteiger partial charge in [0.1, 0.15) is 5.60 Å². The Morgan fingerprint density at radius 2 is 2.00 bits per heavy atom. The maximum atomic E-state index is 11.8. The first-order chi connectivity index (χ1) is 9.15. The van der Waals surface area contributed by atoms with Crippen LogP contribution < -0.4 is 11.1 Å². The van der Waals surface area contributed by atoms with Crippen LogP contribution in [0.1, 0.15) is 43.6 Å². The van der Waals surface area contributed by atoms with Gasteiger partial charge < -0.3 is 15.8 Å². The van der Waals surface area contributed by atoms with E-state index in [1.165, 1.54) is 0 Å². The van der Waals surface area contributed by atoms with E-state index >= 15 is 0 Å².